The molecular formula is C23H19ClN2O5S. The second-order valence-electron chi connectivity index (χ2n) is 6.93. The maximum atomic E-state index is 12.7. The van der Waals surface area contributed by atoms with Crippen LogP contribution in [0, 0.1) is 0 Å². The van der Waals surface area contributed by atoms with Gasteiger partial charge in [-0.05, 0) is 36.8 Å². The number of fused-ring (bicyclic) bond motifs is 1. The maximum absolute atomic E-state index is 12.7. The van der Waals surface area contributed by atoms with Crippen LogP contribution in [-0.2, 0) is 14.3 Å². The van der Waals surface area contributed by atoms with E-state index in [-0.39, 0.29) is 18.6 Å². The SMILES string of the molecule is CCOC(=O)c1c(-c2ccc(Cl)cc2)csc1NC(=O)CC1Oc2ccccc2NC1=O. The minimum atomic E-state index is -0.980. The molecule has 2 aromatic carbocycles. The van der Waals surface area contributed by atoms with Crippen molar-refractivity contribution in [2.75, 3.05) is 17.2 Å². The third-order valence-corrected chi connectivity index (χ3v) is 5.90. The average Bonchev–Trinajstić information content (AvgIpc) is 3.18. The molecule has 3 aromatic rings. The molecule has 9 heteroatoms. The Labute approximate surface area is 193 Å². The molecule has 0 saturated carbocycles. The second kappa shape index (κ2) is 9.42. The molecule has 0 aliphatic carbocycles. The summed E-state index contributed by atoms with van der Waals surface area (Å²) in [5.41, 5.74) is 2.21. The Balaban J connectivity index is 1.54. The summed E-state index contributed by atoms with van der Waals surface area (Å²) in [5, 5.41) is 8.15. The number of benzene rings is 2. The molecule has 1 aromatic heterocycles. The molecular weight excluding hydrogens is 452 g/mol. The number of anilines is 2. The number of hydrogen-bond acceptors (Lipinski definition) is 6. The lowest BCUT2D eigenvalue weighted by Crippen LogP contribution is -2.39. The summed E-state index contributed by atoms with van der Waals surface area (Å²) in [4.78, 5) is 37.7. The van der Waals surface area contributed by atoms with Gasteiger partial charge in [0, 0.05) is 16.0 Å². The van der Waals surface area contributed by atoms with Crippen LogP contribution < -0.4 is 15.4 Å². The van der Waals surface area contributed by atoms with Gasteiger partial charge in [0.1, 0.15) is 16.3 Å². The van der Waals surface area contributed by atoms with E-state index in [0.717, 1.165) is 5.56 Å². The number of para-hydroxylation sites is 2. The summed E-state index contributed by atoms with van der Waals surface area (Å²) in [6.07, 6.45) is -1.19. The minimum Gasteiger partial charge on any atom is -0.478 e. The fraction of sp³-hybridized carbons (Fsp3) is 0.174. The van der Waals surface area contributed by atoms with Crippen molar-refractivity contribution in [1.82, 2.24) is 0 Å². The molecule has 2 amide bonds. The number of thiophene rings is 1. The summed E-state index contributed by atoms with van der Waals surface area (Å²) in [5.74, 6) is -0.912. The van der Waals surface area contributed by atoms with Crippen LogP contribution in [0.1, 0.15) is 23.7 Å². The number of amides is 2. The molecule has 32 heavy (non-hydrogen) atoms. The molecule has 1 aliphatic heterocycles. The van der Waals surface area contributed by atoms with Gasteiger partial charge in [-0.1, -0.05) is 35.9 Å². The molecule has 0 saturated heterocycles. The van der Waals surface area contributed by atoms with Crippen molar-refractivity contribution in [1.29, 1.82) is 0 Å². The van der Waals surface area contributed by atoms with E-state index >= 15 is 0 Å². The average molecular weight is 471 g/mol. The predicted molar refractivity (Wildman–Crippen MR) is 123 cm³/mol. The van der Waals surface area contributed by atoms with Crippen LogP contribution in [-0.4, -0.2) is 30.5 Å². The van der Waals surface area contributed by atoms with Crippen molar-refractivity contribution < 1.29 is 23.9 Å². The zero-order valence-corrected chi connectivity index (χ0v) is 18.6. The van der Waals surface area contributed by atoms with Crippen LogP contribution in [0.3, 0.4) is 0 Å². The number of carbonyl (C=O) groups excluding carboxylic acids is 3. The van der Waals surface area contributed by atoms with Crippen molar-refractivity contribution >= 4 is 51.4 Å². The van der Waals surface area contributed by atoms with E-state index < -0.39 is 23.9 Å². The lowest BCUT2D eigenvalue weighted by Gasteiger charge is -2.25. The largest absolute Gasteiger partial charge is 0.478 e. The molecule has 0 spiro atoms. The molecule has 1 unspecified atom stereocenters. The Kier molecular flexibility index (Phi) is 6.43. The number of rotatable bonds is 6. The number of ether oxygens (including phenoxy) is 2. The van der Waals surface area contributed by atoms with Gasteiger partial charge in [0.2, 0.25) is 5.91 Å². The van der Waals surface area contributed by atoms with Crippen LogP contribution in [0.25, 0.3) is 11.1 Å². The quantitative estimate of drug-likeness (QED) is 0.496. The third-order valence-electron chi connectivity index (χ3n) is 4.76. The van der Waals surface area contributed by atoms with E-state index in [0.29, 0.717) is 27.0 Å². The summed E-state index contributed by atoms with van der Waals surface area (Å²) in [7, 11) is 0. The number of carbonyl (C=O) groups is 3. The Bertz CT molecular complexity index is 1180. The summed E-state index contributed by atoms with van der Waals surface area (Å²) < 4.78 is 10.9. The first kappa shape index (κ1) is 21.9. The lowest BCUT2D eigenvalue weighted by atomic mass is 10.0. The van der Waals surface area contributed by atoms with Gasteiger partial charge in [-0.3, -0.25) is 9.59 Å². The molecule has 4 rings (SSSR count). The highest BCUT2D eigenvalue weighted by atomic mass is 35.5. The van der Waals surface area contributed by atoms with Crippen LogP contribution >= 0.6 is 22.9 Å². The first-order valence-electron chi connectivity index (χ1n) is 9.87. The van der Waals surface area contributed by atoms with Crippen LogP contribution in [0.4, 0.5) is 10.7 Å². The van der Waals surface area contributed by atoms with Gasteiger partial charge in [-0.2, -0.15) is 0 Å². The molecule has 0 bridgehead atoms. The highest BCUT2D eigenvalue weighted by molar-refractivity contribution is 7.15. The van der Waals surface area contributed by atoms with Crippen molar-refractivity contribution in [2.45, 2.75) is 19.4 Å². The monoisotopic (exact) mass is 470 g/mol. The van der Waals surface area contributed by atoms with E-state index in [9.17, 15) is 14.4 Å². The normalized spacial score (nSPS) is 14.7. The van der Waals surface area contributed by atoms with E-state index in [4.69, 9.17) is 21.1 Å². The standard InChI is InChI=1S/C23H19ClN2O5S/c1-2-30-23(29)20-15(13-7-9-14(24)10-8-13)12-32-22(20)26-19(27)11-18-21(28)25-16-5-3-4-6-17(16)31-18/h3-10,12,18H,2,11H2,1H3,(H,25,28)(H,26,27). The smallest absolute Gasteiger partial charge is 0.341 e. The molecule has 0 fully saturated rings. The summed E-state index contributed by atoms with van der Waals surface area (Å²) in [6.45, 7) is 1.90. The molecule has 1 atom stereocenters. The van der Waals surface area contributed by atoms with Crippen molar-refractivity contribution in [3.63, 3.8) is 0 Å². The third kappa shape index (κ3) is 4.61. The van der Waals surface area contributed by atoms with E-state index in [1.54, 1.807) is 60.8 Å². The van der Waals surface area contributed by atoms with Crippen molar-refractivity contribution in [2.24, 2.45) is 0 Å². The maximum Gasteiger partial charge on any atom is 0.341 e. The van der Waals surface area contributed by atoms with E-state index in [2.05, 4.69) is 10.6 Å². The topological polar surface area (TPSA) is 93.7 Å². The summed E-state index contributed by atoms with van der Waals surface area (Å²) in [6, 6.07) is 14.0. The summed E-state index contributed by atoms with van der Waals surface area (Å²) >= 11 is 7.17. The zero-order valence-electron chi connectivity index (χ0n) is 17.0. The van der Waals surface area contributed by atoms with Crippen LogP contribution in [0.5, 0.6) is 5.75 Å². The first-order chi connectivity index (χ1) is 15.5. The fourth-order valence-corrected chi connectivity index (χ4v) is 4.37. The highest BCUT2D eigenvalue weighted by Gasteiger charge is 2.30. The van der Waals surface area contributed by atoms with Crippen LogP contribution in [0.15, 0.2) is 53.9 Å². The van der Waals surface area contributed by atoms with Crippen LogP contribution in [0.2, 0.25) is 5.02 Å². The van der Waals surface area contributed by atoms with Gasteiger partial charge in [-0.25, -0.2) is 4.79 Å². The molecule has 164 valence electrons. The minimum absolute atomic E-state index is 0.192. The highest BCUT2D eigenvalue weighted by Crippen LogP contribution is 2.37. The number of nitrogens with one attached hydrogen (secondary N) is 2. The fourth-order valence-electron chi connectivity index (χ4n) is 3.27. The van der Waals surface area contributed by atoms with E-state index in [1.165, 1.54) is 11.3 Å². The second-order valence-corrected chi connectivity index (χ2v) is 8.24. The van der Waals surface area contributed by atoms with Crippen molar-refractivity contribution in [3.8, 4) is 16.9 Å². The van der Waals surface area contributed by atoms with Crippen molar-refractivity contribution in [3.05, 3.63) is 64.5 Å². The Morgan fingerprint density at radius 3 is 2.69 bits per heavy atom. The van der Waals surface area contributed by atoms with Gasteiger partial charge >= 0.3 is 5.97 Å². The van der Waals surface area contributed by atoms with E-state index in [1.807, 2.05) is 0 Å². The van der Waals surface area contributed by atoms with Gasteiger partial charge in [0.25, 0.3) is 5.91 Å². The molecule has 2 heterocycles. The van der Waals surface area contributed by atoms with Gasteiger partial charge in [0.05, 0.1) is 18.7 Å². The molecule has 2 N–H and O–H groups in total. The molecule has 1 aliphatic rings. The Hall–Kier alpha value is -3.36. The molecule has 0 radical (unpaired) electrons. The number of halogens is 1. The lowest BCUT2D eigenvalue weighted by molar-refractivity contribution is -0.128. The predicted octanol–water partition coefficient (Wildman–Crippen LogP) is 4.97. The molecule has 7 nitrogen and oxygen atoms in total. The van der Waals surface area contributed by atoms with Gasteiger partial charge < -0.3 is 20.1 Å². The number of hydrogen-bond donors (Lipinski definition) is 2. The van der Waals surface area contributed by atoms with Gasteiger partial charge in [0.15, 0.2) is 6.10 Å². The van der Waals surface area contributed by atoms with Gasteiger partial charge in [-0.15, -0.1) is 11.3 Å². The first-order valence-corrected chi connectivity index (χ1v) is 11.1. The zero-order chi connectivity index (χ0) is 22.7. The Morgan fingerprint density at radius 1 is 1.19 bits per heavy atom. The Morgan fingerprint density at radius 2 is 1.94 bits per heavy atom. The number of esters is 1.